The molecule has 0 aliphatic heterocycles. The van der Waals surface area contributed by atoms with Crippen molar-refractivity contribution in [3.63, 3.8) is 0 Å². The highest BCUT2D eigenvalue weighted by Crippen LogP contribution is 2.41. The molecule has 0 atom stereocenters. The third kappa shape index (κ3) is 4.39. The van der Waals surface area contributed by atoms with Crippen molar-refractivity contribution < 1.29 is 0 Å². The van der Waals surface area contributed by atoms with Crippen LogP contribution in [-0.2, 0) is 0 Å². The van der Waals surface area contributed by atoms with Crippen molar-refractivity contribution in [2.45, 2.75) is 0 Å². The van der Waals surface area contributed by atoms with E-state index >= 15 is 0 Å². The van der Waals surface area contributed by atoms with Crippen molar-refractivity contribution >= 4 is 43.6 Å². The molecule has 46 heavy (non-hydrogen) atoms. The summed E-state index contributed by atoms with van der Waals surface area (Å²) in [4.78, 5) is 21.0. The molecular formula is C42H26N4. The van der Waals surface area contributed by atoms with Crippen LogP contribution in [0.25, 0.3) is 88.6 Å². The van der Waals surface area contributed by atoms with Crippen molar-refractivity contribution in [2.75, 3.05) is 0 Å². The number of fused-ring (bicyclic) bond motifs is 5. The number of benzene rings is 6. The Hall–Kier alpha value is -6.26. The molecule has 0 fully saturated rings. The highest BCUT2D eigenvalue weighted by atomic mass is 14.8. The van der Waals surface area contributed by atoms with Crippen LogP contribution in [0.3, 0.4) is 0 Å². The Kier molecular flexibility index (Phi) is 6.10. The number of pyridine rings is 2. The molecule has 0 saturated heterocycles. The van der Waals surface area contributed by atoms with Crippen LogP contribution in [0.5, 0.6) is 0 Å². The smallest absolute Gasteiger partial charge is 0.0980 e. The summed E-state index contributed by atoms with van der Waals surface area (Å²) >= 11 is 0. The molecule has 6 aromatic carbocycles. The molecule has 0 amide bonds. The number of aromatic nitrogens is 4. The summed E-state index contributed by atoms with van der Waals surface area (Å²) in [5.41, 5.74) is 11.1. The van der Waals surface area contributed by atoms with Gasteiger partial charge in [0.05, 0.1) is 44.8 Å². The Morgan fingerprint density at radius 3 is 1.57 bits per heavy atom. The summed E-state index contributed by atoms with van der Waals surface area (Å²) in [5.74, 6) is 0. The van der Waals surface area contributed by atoms with Crippen molar-refractivity contribution in [3.8, 4) is 45.0 Å². The standard InChI is InChI=1S/C42H26N4/c1-3-12-28(13-4-1)34-25-22-30-19-20-31-23-26-37(46-40(31)39(30)43-34)38-32-16-8-7-11-27(32)21-24-33(38)42-41(29-14-5-2-6-15-29)44-35-17-9-10-18-36(35)45-42/h1-26H. The lowest BCUT2D eigenvalue weighted by atomic mass is 9.92. The first-order chi connectivity index (χ1) is 22.8. The number of para-hydroxylation sites is 2. The van der Waals surface area contributed by atoms with Gasteiger partial charge >= 0.3 is 0 Å². The van der Waals surface area contributed by atoms with Gasteiger partial charge in [0, 0.05) is 33.0 Å². The molecule has 4 nitrogen and oxygen atoms in total. The predicted octanol–water partition coefficient (Wildman–Crippen LogP) is 10.5. The predicted molar refractivity (Wildman–Crippen MR) is 189 cm³/mol. The number of hydrogen-bond acceptors (Lipinski definition) is 4. The van der Waals surface area contributed by atoms with E-state index in [2.05, 4.69) is 97.1 Å². The fraction of sp³-hybridized carbons (Fsp3) is 0. The molecule has 9 rings (SSSR count). The van der Waals surface area contributed by atoms with E-state index in [1.165, 1.54) is 0 Å². The first-order valence-corrected chi connectivity index (χ1v) is 15.4. The highest BCUT2D eigenvalue weighted by molar-refractivity contribution is 6.08. The van der Waals surface area contributed by atoms with Crippen LogP contribution in [0.2, 0.25) is 0 Å². The van der Waals surface area contributed by atoms with Crippen LogP contribution in [0, 0.1) is 0 Å². The van der Waals surface area contributed by atoms with Crippen LogP contribution in [-0.4, -0.2) is 19.9 Å². The van der Waals surface area contributed by atoms with Gasteiger partial charge in [0.2, 0.25) is 0 Å². The normalized spacial score (nSPS) is 11.5. The van der Waals surface area contributed by atoms with E-state index in [9.17, 15) is 0 Å². The molecule has 3 aromatic heterocycles. The first-order valence-electron chi connectivity index (χ1n) is 15.4. The van der Waals surface area contributed by atoms with E-state index in [1.54, 1.807) is 0 Å². The third-order valence-electron chi connectivity index (χ3n) is 8.65. The molecule has 0 saturated carbocycles. The van der Waals surface area contributed by atoms with Crippen molar-refractivity contribution in [1.82, 2.24) is 19.9 Å². The lowest BCUT2D eigenvalue weighted by molar-refractivity contribution is 1.29. The quantitative estimate of drug-likeness (QED) is 0.193. The van der Waals surface area contributed by atoms with Crippen LogP contribution in [0.1, 0.15) is 0 Å². The van der Waals surface area contributed by atoms with Crippen LogP contribution < -0.4 is 0 Å². The zero-order chi connectivity index (χ0) is 30.5. The molecule has 0 aliphatic carbocycles. The van der Waals surface area contributed by atoms with E-state index in [4.69, 9.17) is 19.9 Å². The Morgan fingerprint density at radius 1 is 0.326 bits per heavy atom. The summed E-state index contributed by atoms with van der Waals surface area (Å²) in [6.07, 6.45) is 0. The Morgan fingerprint density at radius 2 is 0.848 bits per heavy atom. The number of hydrogen-bond donors (Lipinski definition) is 0. The second-order valence-corrected chi connectivity index (χ2v) is 11.5. The van der Waals surface area contributed by atoms with Gasteiger partial charge < -0.3 is 0 Å². The monoisotopic (exact) mass is 586 g/mol. The Bertz CT molecular complexity index is 2580. The van der Waals surface area contributed by atoms with E-state index in [0.717, 1.165) is 88.6 Å². The summed E-state index contributed by atoms with van der Waals surface area (Å²) < 4.78 is 0. The van der Waals surface area contributed by atoms with Gasteiger partial charge in [-0.15, -0.1) is 0 Å². The lowest BCUT2D eigenvalue weighted by Crippen LogP contribution is -1.98. The molecule has 0 unspecified atom stereocenters. The first kappa shape index (κ1) is 26.2. The minimum absolute atomic E-state index is 0.829. The van der Waals surface area contributed by atoms with Gasteiger partial charge in [-0.3, -0.25) is 0 Å². The topological polar surface area (TPSA) is 51.6 Å². The lowest BCUT2D eigenvalue weighted by Gasteiger charge is -2.17. The minimum Gasteiger partial charge on any atom is -0.245 e. The van der Waals surface area contributed by atoms with Gasteiger partial charge in [0.25, 0.3) is 0 Å². The molecule has 0 radical (unpaired) electrons. The van der Waals surface area contributed by atoms with Gasteiger partial charge in [0.1, 0.15) is 0 Å². The number of rotatable bonds is 4. The number of nitrogens with zero attached hydrogens (tertiary/aromatic N) is 4. The maximum atomic E-state index is 5.40. The second-order valence-electron chi connectivity index (χ2n) is 11.5. The Labute approximate surface area is 265 Å². The maximum Gasteiger partial charge on any atom is 0.0980 e. The molecule has 0 spiro atoms. The fourth-order valence-corrected chi connectivity index (χ4v) is 6.41. The van der Waals surface area contributed by atoms with E-state index < -0.39 is 0 Å². The molecule has 3 heterocycles. The van der Waals surface area contributed by atoms with Crippen molar-refractivity contribution in [2.24, 2.45) is 0 Å². The molecule has 9 aromatic rings. The van der Waals surface area contributed by atoms with Gasteiger partial charge in [-0.05, 0) is 35.0 Å². The third-order valence-corrected chi connectivity index (χ3v) is 8.65. The van der Waals surface area contributed by atoms with Crippen LogP contribution in [0.15, 0.2) is 158 Å². The van der Waals surface area contributed by atoms with Crippen LogP contribution >= 0.6 is 0 Å². The Balaban J connectivity index is 1.34. The summed E-state index contributed by atoms with van der Waals surface area (Å²) in [7, 11) is 0. The molecule has 0 N–H and O–H groups in total. The van der Waals surface area contributed by atoms with E-state index in [-0.39, 0.29) is 0 Å². The van der Waals surface area contributed by atoms with Gasteiger partial charge in [0.15, 0.2) is 0 Å². The molecule has 0 bridgehead atoms. The molecule has 0 aliphatic rings. The van der Waals surface area contributed by atoms with E-state index in [0.29, 0.717) is 0 Å². The summed E-state index contributed by atoms with van der Waals surface area (Å²) in [5, 5.41) is 4.35. The zero-order valence-electron chi connectivity index (χ0n) is 24.8. The van der Waals surface area contributed by atoms with Crippen LogP contribution in [0.4, 0.5) is 0 Å². The summed E-state index contributed by atoms with van der Waals surface area (Å²) in [6.45, 7) is 0. The molecular weight excluding hydrogens is 560 g/mol. The zero-order valence-corrected chi connectivity index (χ0v) is 24.8. The molecule has 4 heteroatoms. The van der Waals surface area contributed by atoms with Crippen molar-refractivity contribution in [3.05, 3.63) is 158 Å². The maximum absolute atomic E-state index is 5.40. The molecule has 214 valence electrons. The van der Waals surface area contributed by atoms with E-state index in [1.807, 2.05) is 60.7 Å². The largest absolute Gasteiger partial charge is 0.245 e. The van der Waals surface area contributed by atoms with Crippen molar-refractivity contribution in [1.29, 1.82) is 0 Å². The highest BCUT2D eigenvalue weighted by Gasteiger charge is 2.20. The van der Waals surface area contributed by atoms with Gasteiger partial charge in [-0.1, -0.05) is 133 Å². The summed E-state index contributed by atoms with van der Waals surface area (Å²) in [6, 6.07) is 54.3. The SMILES string of the molecule is c1ccc(-c2ccc3ccc4ccc(-c5c(-c6nc7ccccc7nc6-c6ccccc6)ccc6ccccc56)nc4c3n2)cc1. The second kappa shape index (κ2) is 10.7. The average molecular weight is 587 g/mol. The minimum atomic E-state index is 0.829. The average Bonchev–Trinajstić information content (AvgIpc) is 3.14. The van der Waals surface area contributed by atoms with Gasteiger partial charge in [-0.25, -0.2) is 19.9 Å². The fourth-order valence-electron chi connectivity index (χ4n) is 6.41. The van der Waals surface area contributed by atoms with Gasteiger partial charge in [-0.2, -0.15) is 0 Å².